The van der Waals surface area contributed by atoms with Crippen molar-refractivity contribution in [2.45, 2.75) is 91.9 Å². The second-order valence-electron chi connectivity index (χ2n) is 15.8. The van der Waals surface area contributed by atoms with E-state index >= 15 is 0 Å². The number of benzene rings is 4. The number of hydrogen-bond donors (Lipinski definition) is 2. The summed E-state index contributed by atoms with van der Waals surface area (Å²) in [6.45, 7) is 7.31. The summed E-state index contributed by atoms with van der Waals surface area (Å²) in [5.41, 5.74) is 5.78. The number of aliphatic hydroxyl groups is 2. The number of carbonyl (C=O) groups excluding carboxylic acids is 2. The van der Waals surface area contributed by atoms with Gasteiger partial charge in [0.1, 0.15) is 0 Å². The number of carbonyl (C=O) groups is 2. The van der Waals surface area contributed by atoms with Crippen LogP contribution in [0.15, 0.2) is 121 Å². The Hall–Kier alpha value is -6.46. The molecule has 8 bridgehead atoms. The molecule has 0 unspecified atom stereocenters. The van der Waals surface area contributed by atoms with Crippen LogP contribution in [-0.4, -0.2) is 51.7 Å². The largest absolute Gasteiger partial charge is 2.00 e. The van der Waals surface area contributed by atoms with Gasteiger partial charge in [-0.15, -0.1) is 0 Å². The fourth-order valence-corrected chi connectivity index (χ4v) is 7.52. The number of aliphatic hydroxyl groups excluding tert-OH is 2. The van der Waals surface area contributed by atoms with Gasteiger partial charge < -0.3 is 40.1 Å². The number of allylic oxidation sites excluding steroid dienone is 4. The van der Waals surface area contributed by atoms with Gasteiger partial charge in [0.15, 0.2) is 11.6 Å². The van der Waals surface area contributed by atoms with E-state index in [0.717, 1.165) is 69.5 Å². The Morgan fingerprint density at radius 2 is 0.723 bits per heavy atom. The number of unbranched alkanes of at least 4 members (excludes halogenated alkanes) is 6. The van der Waals surface area contributed by atoms with Crippen molar-refractivity contribution in [1.82, 2.24) is 39.9 Å². The van der Waals surface area contributed by atoms with Crippen molar-refractivity contribution in [1.29, 1.82) is 0 Å². The molecule has 328 valence electrons. The third-order valence-electron chi connectivity index (χ3n) is 10.6. The van der Waals surface area contributed by atoms with Crippen LogP contribution in [0.5, 0.6) is 0 Å². The molecule has 12 nitrogen and oxygen atoms in total. The van der Waals surface area contributed by atoms with E-state index in [1.54, 1.807) is 0 Å². The van der Waals surface area contributed by atoms with E-state index in [2.05, 4.69) is 13.8 Å². The van der Waals surface area contributed by atoms with E-state index < -0.39 is 0 Å². The first-order chi connectivity index (χ1) is 31.1. The van der Waals surface area contributed by atoms with E-state index in [1.165, 1.54) is 51.7 Å². The average molecular weight is 944 g/mol. The maximum absolute atomic E-state index is 11.0. The smallest absolute Gasteiger partial charge is 0.512 e. The van der Waals surface area contributed by atoms with Crippen LogP contribution >= 0.6 is 0 Å². The molecule has 0 atom stereocenters. The molecule has 2 aliphatic rings. The number of fused-ring (bicyclic) bond motifs is 20. The summed E-state index contributed by atoms with van der Waals surface area (Å²) < 4.78 is 0. The number of rotatable bonds is 12. The average Bonchev–Trinajstić information content (AvgIpc) is 4.03. The van der Waals surface area contributed by atoms with Gasteiger partial charge in [-0.1, -0.05) is 149 Å². The molecule has 4 aromatic carbocycles. The third kappa shape index (κ3) is 12.0. The van der Waals surface area contributed by atoms with E-state index in [9.17, 15) is 9.59 Å². The molecule has 13 heteroatoms. The van der Waals surface area contributed by atoms with Gasteiger partial charge in [-0.25, -0.2) is 9.97 Å². The molecule has 5 heterocycles. The number of nitrogens with zero attached hydrogens (tertiary/aromatic N) is 8. The molecular formula is C52H52N8O4Zr. The second-order valence-corrected chi connectivity index (χ2v) is 15.8. The zero-order valence-corrected chi connectivity index (χ0v) is 39.7. The van der Waals surface area contributed by atoms with E-state index in [4.69, 9.17) is 50.1 Å². The van der Waals surface area contributed by atoms with Crippen LogP contribution in [0.3, 0.4) is 0 Å². The molecule has 9 rings (SSSR count). The minimum Gasteiger partial charge on any atom is -0.512 e. The van der Waals surface area contributed by atoms with Crippen LogP contribution in [0.4, 0.5) is 0 Å². The van der Waals surface area contributed by atoms with Crippen molar-refractivity contribution in [3.8, 4) is 45.6 Å². The van der Waals surface area contributed by atoms with Gasteiger partial charge in [0.25, 0.3) is 0 Å². The summed E-state index contributed by atoms with van der Waals surface area (Å²) in [6, 6.07) is 31.8. The molecule has 3 aromatic heterocycles. The van der Waals surface area contributed by atoms with Crippen LogP contribution in [0, 0.1) is 0 Å². The molecule has 65 heavy (non-hydrogen) atoms. The van der Waals surface area contributed by atoms with E-state index in [1.807, 2.05) is 97.1 Å². The molecule has 0 saturated heterocycles. The maximum atomic E-state index is 11.0. The Kier molecular flexibility index (Phi) is 16.9. The Morgan fingerprint density at radius 1 is 0.446 bits per heavy atom. The Morgan fingerprint density at radius 3 is 0.985 bits per heavy atom. The molecule has 2 aliphatic heterocycles. The molecular weight excluding hydrogens is 892 g/mol. The SMILES string of the molecule is CCCCCCC(=O)/C=C(/C)O.CCCCCCC(=O)/C=C(/C)O.[Zr+2].c1ccc2c(c1)-c1nc-2nc2[n-]c(nc3nc(nc4[n-]c(n1)c1ccccc41)-c1ccccc1-3)c1ccccc21. The van der Waals surface area contributed by atoms with Crippen molar-refractivity contribution < 1.29 is 46.0 Å². The molecule has 0 amide bonds. The van der Waals surface area contributed by atoms with Gasteiger partial charge in [-0.05, 0) is 48.2 Å². The number of hydrogen-bond acceptors (Lipinski definition) is 10. The topological polar surface area (TPSA) is 180 Å². The Bertz CT molecular complexity index is 2680. The van der Waals surface area contributed by atoms with Crippen molar-refractivity contribution in [3.05, 3.63) is 121 Å². The van der Waals surface area contributed by atoms with Crippen LogP contribution < -0.4 is 9.97 Å². The van der Waals surface area contributed by atoms with E-state index in [-0.39, 0.29) is 49.3 Å². The summed E-state index contributed by atoms with van der Waals surface area (Å²) in [5, 5.41) is 21.1. The summed E-state index contributed by atoms with van der Waals surface area (Å²) in [6.07, 6.45) is 12.6. The van der Waals surface area contributed by atoms with Crippen molar-refractivity contribution in [2.24, 2.45) is 0 Å². The zero-order chi connectivity index (χ0) is 45.0. The molecule has 0 radical (unpaired) electrons. The first-order valence-corrected chi connectivity index (χ1v) is 22.0. The summed E-state index contributed by atoms with van der Waals surface area (Å²) in [7, 11) is 0. The number of aromatic nitrogens is 8. The molecule has 2 N–H and O–H groups in total. The van der Waals surface area contributed by atoms with Crippen molar-refractivity contribution in [2.75, 3.05) is 0 Å². The summed E-state index contributed by atoms with van der Waals surface area (Å²) in [5.74, 6) is 2.49. The first-order valence-electron chi connectivity index (χ1n) is 22.0. The normalized spacial score (nSPS) is 11.7. The molecule has 7 aromatic rings. The first kappa shape index (κ1) is 48.0. The fraction of sp³-hybridized carbons (Fsp3) is 0.269. The molecule has 0 spiro atoms. The van der Waals surface area contributed by atoms with Gasteiger partial charge in [0, 0.05) is 69.8 Å². The third-order valence-corrected chi connectivity index (χ3v) is 10.6. The minimum atomic E-state index is 0. The van der Waals surface area contributed by atoms with Gasteiger partial charge in [0.2, 0.25) is 0 Å². The maximum Gasteiger partial charge on any atom is 2.00 e. The predicted molar refractivity (Wildman–Crippen MR) is 254 cm³/mol. The quantitative estimate of drug-likeness (QED) is 0.0673. The van der Waals surface area contributed by atoms with Gasteiger partial charge in [0.05, 0.1) is 34.8 Å². The predicted octanol–water partition coefficient (Wildman–Crippen LogP) is 12.1. The van der Waals surface area contributed by atoms with Crippen molar-refractivity contribution >= 4 is 55.7 Å². The van der Waals surface area contributed by atoms with Gasteiger partial charge in [-0.2, -0.15) is 0 Å². The van der Waals surface area contributed by atoms with Gasteiger partial charge >= 0.3 is 26.2 Å². The summed E-state index contributed by atoms with van der Waals surface area (Å²) in [4.78, 5) is 61.2. The summed E-state index contributed by atoms with van der Waals surface area (Å²) >= 11 is 0. The molecule has 0 saturated carbocycles. The molecule has 0 aliphatic carbocycles. The minimum absolute atomic E-state index is 0. The standard InChI is InChI=1S/C32H16N8.2C10H18O2.Zr/c1-2-10-18-17(9-1)25-33-26(18)38-28-21-13-5-6-14-22(21)30(35-28)40-32-24-16-8-7-15-23(24)31(36-32)39-29-20-12-4-3-11-19(20)27(34-29)37-25;2*1-3-4-5-6-7-10(12)8-9(2)11;/h1-16H;2*8,11H,3-7H2,1-2H3;/q-2;;;+2/b;2*9-8-;. The number of ketones is 2. The molecule has 0 fully saturated rings. The van der Waals surface area contributed by atoms with Gasteiger partial charge in [-0.3, -0.25) is 9.59 Å². The Labute approximate surface area is 397 Å². The second kappa shape index (κ2) is 22.9. The van der Waals surface area contributed by atoms with Crippen molar-refractivity contribution in [3.63, 3.8) is 0 Å². The zero-order valence-electron chi connectivity index (χ0n) is 37.3. The van der Waals surface area contributed by atoms with Crippen LogP contribution in [0.1, 0.15) is 91.9 Å². The van der Waals surface area contributed by atoms with Crippen LogP contribution in [0.25, 0.3) is 89.7 Å². The fourth-order valence-electron chi connectivity index (χ4n) is 7.52. The Balaban J connectivity index is 0.000000234. The van der Waals surface area contributed by atoms with Crippen LogP contribution in [-0.2, 0) is 35.8 Å². The van der Waals surface area contributed by atoms with E-state index in [0.29, 0.717) is 58.7 Å². The van der Waals surface area contributed by atoms with Crippen LogP contribution in [0.2, 0.25) is 0 Å². The monoisotopic (exact) mass is 942 g/mol.